The van der Waals surface area contributed by atoms with E-state index in [1.807, 2.05) is 44.2 Å². The predicted octanol–water partition coefficient (Wildman–Crippen LogP) is 2.62. The molecular formula is C19H19N3O3S. The first kappa shape index (κ1) is 18.1. The van der Waals surface area contributed by atoms with Crippen LogP contribution >= 0.6 is 11.8 Å². The molecule has 0 saturated heterocycles. The number of amides is 1. The summed E-state index contributed by atoms with van der Waals surface area (Å²) in [5, 5.41) is 12.7. The van der Waals surface area contributed by atoms with Crippen LogP contribution in [0.25, 0.3) is 0 Å². The number of aromatic nitrogens is 1. The van der Waals surface area contributed by atoms with E-state index in [0.29, 0.717) is 29.5 Å². The molecule has 1 atom stereocenters. The van der Waals surface area contributed by atoms with Crippen molar-refractivity contribution in [3.63, 3.8) is 0 Å². The smallest absolute Gasteiger partial charge is 0.230 e. The number of aryl methyl sites for hydroxylation is 2. The van der Waals surface area contributed by atoms with Crippen LogP contribution in [0.2, 0.25) is 0 Å². The second kappa shape index (κ2) is 8.11. The monoisotopic (exact) mass is 369 g/mol. The minimum atomic E-state index is -0.229. The lowest BCUT2D eigenvalue weighted by Gasteiger charge is -2.26. The number of ether oxygens (including phenoxy) is 2. The Balaban J connectivity index is 1.51. The molecule has 2 aromatic rings. The van der Waals surface area contributed by atoms with Gasteiger partial charge in [0, 0.05) is 5.69 Å². The van der Waals surface area contributed by atoms with E-state index in [1.54, 1.807) is 0 Å². The first-order valence-corrected chi connectivity index (χ1v) is 9.21. The lowest BCUT2D eigenvalue weighted by atomic mass is 10.1. The van der Waals surface area contributed by atoms with Crippen LogP contribution in [-0.4, -0.2) is 35.9 Å². The number of nitrogens with one attached hydrogen (secondary N) is 1. The molecule has 1 aliphatic rings. The third-order valence-electron chi connectivity index (χ3n) is 3.86. The molecule has 0 bridgehead atoms. The van der Waals surface area contributed by atoms with Gasteiger partial charge in [0.25, 0.3) is 0 Å². The Kier molecular flexibility index (Phi) is 5.64. The highest BCUT2D eigenvalue weighted by Crippen LogP contribution is 2.30. The average molecular weight is 369 g/mol. The summed E-state index contributed by atoms with van der Waals surface area (Å²) >= 11 is 1.27. The van der Waals surface area contributed by atoms with E-state index in [4.69, 9.17) is 9.47 Å². The molecule has 1 aromatic carbocycles. The molecule has 1 N–H and O–H groups in total. The standard InChI is InChI=1S/C19H19N3O3S/c1-12-7-13(2)22-19(15(12)8-20)26-11-18(23)21-9-14-10-24-16-5-3-4-6-17(16)25-14/h3-7,14H,9-11H2,1-2H3,(H,21,23)/t14-/m0/s1. The number of benzene rings is 1. The minimum Gasteiger partial charge on any atom is -0.486 e. The Morgan fingerprint density at radius 3 is 2.92 bits per heavy atom. The number of nitriles is 1. The third-order valence-corrected chi connectivity index (χ3v) is 4.83. The van der Waals surface area contributed by atoms with Gasteiger partial charge < -0.3 is 14.8 Å². The molecule has 26 heavy (non-hydrogen) atoms. The van der Waals surface area contributed by atoms with Crippen molar-refractivity contribution in [2.75, 3.05) is 18.9 Å². The summed E-state index contributed by atoms with van der Waals surface area (Å²) in [6, 6.07) is 11.5. The molecule has 0 aliphatic carbocycles. The van der Waals surface area contributed by atoms with Crippen LogP contribution in [0.4, 0.5) is 0 Å². The Labute approximate surface area is 156 Å². The maximum atomic E-state index is 12.1. The van der Waals surface area contributed by atoms with Gasteiger partial charge in [-0.15, -0.1) is 0 Å². The predicted molar refractivity (Wildman–Crippen MR) is 98.5 cm³/mol. The van der Waals surface area contributed by atoms with Crippen molar-refractivity contribution < 1.29 is 14.3 Å². The summed E-state index contributed by atoms with van der Waals surface area (Å²) < 4.78 is 11.4. The Morgan fingerprint density at radius 1 is 1.38 bits per heavy atom. The number of hydrogen-bond acceptors (Lipinski definition) is 6. The number of para-hydroxylation sites is 2. The van der Waals surface area contributed by atoms with Gasteiger partial charge in [-0.25, -0.2) is 4.98 Å². The summed E-state index contributed by atoms with van der Waals surface area (Å²) in [5.74, 6) is 1.46. The van der Waals surface area contributed by atoms with E-state index in [9.17, 15) is 10.1 Å². The second-order valence-corrected chi connectivity index (χ2v) is 6.93. The van der Waals surface area contributed by atoms with Crippen LogP contribution in [0.3, 0.4) is 0 Å². The number of pyridine rings is 1. The normalized spacial score (nSPS) is 15.2. The number of nitrogens with zero attached hydrogens (tertiary/aromatic N) is 2. The van der Waals surface area contributed by atoms with Crippen LogP contribution in [0.5, 0.6) is 11.5 Å². The maximum absolute atomic E-state index is 12.1. The Bertz CT molecular complexity index is 864. The molecule has 0 saturated carbocycles. The van der Waals surface area contributed by atoms with Crippen LogP contribution in [0.1, 0.15) is 16.8 Å². The number of carbonyl (C=O) groups is 1. The minimum absolute atomic E-state index is 0.137. The van der Waals surface area contributed by atoms with E-state index >= 15 is 0 Å². The van der Waals surface area contributed by atoms with E-state index in [2.05, 4.69) is 16.4 Å². The van der Waals surface area contributed by atoms with Crippen LogP contribution in [0, 0.1) is 25.2 Å². The second-order valence-electron chi connectivity index (χ2n) is 5.96. The van der Waals surface area contributed by atoms with Crippen molar-refractivity contribution in [1.82, 2.24) is 10.3 Å². The zero-order valence-corrected chi connectivity index (χ0v) is 15.4. The fraction of sp³-hybridized carbons (Fsp3) is 0.316. The number of carbonyl (C=O) groups excluding carboxylic acids is 1. The van der Waals surface area contributed by atoms with Crippen molar-refractivity contribution in [2.45, 2.75) is 25.0 Å². The molecule has 6 nitrogen and oxygen atoms in total. The molecule has 1 aliphatic heterocycles. The Morgan fingerprint density at radius 2 is 2.15 bits per heavy atom. The summed E-state index contributed by atoms with van der Waals surface area (Å²) in [6.07, 6.45) is -0.229. The molecular weight excluding hydrogens is 350 g/mol. The third kappa shape index (κ3) is 4.27. The van der Waals surface area contributed by atoms with Gasteiger partial charge in [-0.05, 0) is 37.6 Å². The van der Waals surface area contributed by atoms with Gasteiger partial charge in [0.05, 0.1) is 17.9 Å². The summed E-state index contributed by atoms with van der Waals surface area (Å²) in [7, 11) is 0. The molecule has 0 unspecified atom stereocenters. The van der Waals surface area contributed by atoms with Crippen LogP contribution in [-0.2, 0) is 4.79 Å². The highest BCUT2D eigenvalue weighted by molar-refractivity contribution is 8.00. The zero-order valence-electron chi connectivity index (χ0n) is 14.6. The van der Waals surface area contributed by atoms with E-state index in [-0.39, 0.29) is 17.8 Å². The van der Waals surface area contributed by atoms with Crippen LogP contribution < -0.4 is 14.8 Å². The maximum Gasteiger partial charge on any atom is 0.230 e. The van der Waals surface area contributed by atoms with Crippen LogP contribution in [0.15, 0.2) is 35.4 Å². The molecule has 0 spiro atoms. The highest BCUT2D eigenvalue weighted by Gasteiger charge is 2.21. The highest BCUT2D eigenvalue weighted by atomic mass is 32.2. The lowest BCUT2D eigenvalue weighted by molar-refractivity contribution is -0.119. The lowest BCUT2D eigenvalue weighted by Crippen LogP contribution is -2.41. The van der Waals surface area contributed by atoms with Gasteiger partial charge >= 0.3 is 0 Å². The molecule has 1 amide bonds. The fourth-order valence-corrected chi connectivity index (χ4v) is 3.55. The molecule has 1 aromatic heterocycles. The summed E-state index contributed by atoms with van der Waals surface area (Å²) in [5.41, 5.74) is 2.22. The SMILES string of the molecule is Cc1cc(C)c(C#N)c(SCC(=O)NC[C@H]2COc3ccccc3O2)n1. The largest absolute Gasteiger partial charge is 0.486 e. The number of thioether (sulfide) groups is 1. The van der Waals surface area contributed by atoms with Crippen molar-refractivity contribution in [1.29, 1.82) is 5.26 Å². The van der Waals surface area contributed by atoms with Gasteiger partial charge in [0.15, 0.2) is 11.5 Å². The van der Waals surface area contributed by atoms with Gasteiger partial charge in [0.1, 0.15) is 23.8 Å². The Hall–Kier alpha value is -2.72. The van der Waals surface area contributed by atoms with Gasteiger partial charge in [-0.1, -0.05) is 23.9 Å². The molecule has 3 rings (SSSR count). The first-order valence-electron chi connectivity index (χ1n) is 8.23. The van der Waals surface area contributed by atoms with Crippen molar-refractivity contribution in [3.8, 4) is 17.6 Å². The summed E-state index contributed by atoms with van der Waals surface area (Å²) in [6.45, 7) is 4.49. The molecule has 0 fully saturated rings. The average Bonchev–Trinajstić information content (AvgIpc) is 2.64. The molecule has 0 radical (unpaired) electrons. The fourth-order valence-electron chi connectivity index (χ4n) is 2.62. The van der Waals surface area contributed by atoms with Gasteiger partial charge in [-0.3, -0.25) is 4.79 Å². The van der Waals surface area contributed by atoms with Gasteiger partial charge in [-0.2, -0.15) is 5.26 Å². The summed E-state index contributed by atoms with van der Waals surface area (Å²) in [4.78, 5) is 16.5. The quantitative estimate of drug-likeness (QED) is 0.816. The van der Waals surface area contributed by atoms with E-state index < -0.39 is 0 Å². The number of rotatable bonds is 5. The number of hydrogen-bond donors (Lipinski definition) is 1. The molecule has 7 heteroatoms. The molecule has 2 heterocycles. The zero-order chi connectivity index (χ0) is 18.5. The first-order chi connectivity index (χ1) is 12.6. The van der Waals surface area contributed by atoms with Crippen molar-refractivity contribution in [2.24, 2.45) is 0 Å². The van der Waals surface area contributed by atoms with E-state index in [0.717, 1.165) is 17.0 Å². The number of fused-ring (bicyclic) bond motifs is 1. The van der Waals surface area contributed by atoms with E-state index in [1.165, 1.54) is 11.8 Å². The topological polar surface area (TPSA) is 84.2 Å². The van der Waals surface area contributed by atoms with Crippen molar-refractivity contribution in [3.05, 3.63) is 47.2 Å². The van der Waals surface area contributed by atoms with Crippen molar-refractivity contribution >= 4 is 17.7 Å². The molecule has 134 valence electrons. The van der Waals surface area contributed by atoms with Gasteiger partial charge in [0.2, 0.25) is 5.91 Å².